The Hall–Kier alpha value is -3.15. The van der Waals surface area contributed by atoms with Crippen molar-refractivity contribution in [2.45, 2.75) is 26.9 Å². The number of pyridine rings is 1. The minimum absolute atomic E-state index is 0.185. The largest absolute Gasteiger partial charge is 0.497 e. The highest BCUT2D eigenvalue weighted by Gasteiger charge is 2.23. The molecule has 0 bridgehead atoms. The molecule has 0 radical (unpaired) electrons. The SMILES string of the molecule is COc1ccc(CN(Cc2ccncc2)C(=O)c2oc(C)nc2C)cc1. The van der Waals surface area contributed by atoms with Gasteiger partial charge in [-0.15, -0.1) is 0 Å². The predicted molar refractivity (Wildman–Crippen MR) is 96.8 cm³/mol. The van der Waals surface area contributed by atoms with Crippen LogP contribution in [0.2, 0.25) is 0 Å². The summed E-state index contributed by atoms with van der Waals surface area (Å²) >= 11 is 0. The minimum Gasteiger partial charge on any atom is -0.497 e. The van der Waals surface area contributed by atoms with E-state index in [4.69, 9.17) is 9.15 Å². The number of rotatable bonds is 6. The summed E-state index contributed by atoms with van der Waals surface area (Å²) in [5.41, 5.74) is 2.60. The van der Waals surface area contributed by atoms with E-state index >= 15 is 0 Å². The molecule has 0 saturated carbocycles. The number of carbonyl (C=O) groups excluding carboxylic acids is 1. The second-order valence-corrected chi connectivity index (χ2v) is 6.01. The minimum atomic E-state index is -0.185. The summed E-state index contributed by atoms with van der Waals surface area (Å²) in [6.07, 6.45) is 3.43. The Bertz CT molecular complexity index is 873. The summed E-state index contributed by atoms with van der Waals surface area (Å²) < 4.78 is 10.7. The average molecular weight is 351 g/mol. The third-order valence-corrected chi connectivity index (χ3v) is 4.04. The molecule has 0 atom stereocenters. The molecule has 0 N–H and O–H groups in total. The van der Waals surface area contributed by atoms with Gasteiger partial charge in [0.05, 0.1) is 12.8 Å². The number of hydrogen-bond acceptors (Lipinski definition) is 5. The Morgan fingerprint density at radius 2 is 1.65 bits per heavy atom. The standard InChI is InChI=1S/C20H21N3O3/c1-14-19(26-15(2)22-14)20(24)23(13-17-8-10-21-11-9-17)12-16-4-6-18(25-3)7-5-16/h4-11H,12-13H2,1-3H3. The van der Waals surface area contributed by atoms with Crippen LogP contribution >= 0.6 is 0 Å². The first kappa shape index (κ1) is 17.7. The monoisotopic (exact) mass is 351 g/mol. The number of hydrogen-bond donors (Lipinski definition) is 0. The molecule has 0 aliphatic carbocycles. The van der Waals surface area contributed by atoms with Gasteiger partial charge in [0.1, 0.15) is 5.75 Å². The number of aryl methyl sites for hydroxylation is 2. The number of oxazole rings is 1. The van der Waals surface area contributed by atoms with Gasteiger partial charge >= 0.3 is 0 Å². The maximum absolute atomic E-state index is 13.1. The summed E-state index contributed by atoms with van der Waals surface area (Å²) in [6.45, 7) is 4.42. The van der Waals surface area contributed by atoms with Crippen LogP contribution in [-0.4, -0.2) is 27.9 Å². The van der Waals surface area contributed by atoms with E-state index in [1.807, 2.05) is 36.4 Å². The smallest absolute Gasteiger partial charge is 0.292 e. The summed E-state index contributed by atoms with van der Waals surface area (Å²) in [5, 5.41) is 0. The van der Waals surface area contributed by atoms with Crippen LogP contribution < -0.4 is 4.74 Å². The predicted octanol–water partition coefficient (Wildman–Crippen LogP) is 3.54. The molecule has 0 saturated heterocycles. The zero-order chi connectivity index (χ0) is 18.5. The van der Waals surface area contributed by atoms with Crippen LogP contribution in [0, 0.1) is 13.8 Å². The Morgan fingerprint density at radius 3 is 2.19 bits per heavy atom. The maximum atomic E-state index is 13.1. The fraction of sp³-hybridized carbons (Fsp3) is 0.250. The molecule has 1 aromatic carbocycles. The van der Waals surface area contributed by atoms with Gasteiger partial charge < -0.3 is 14.1 Å². The number of ether oxygens (including phenoxy) is 1. The van der Waals surface area contributed by atoms with Crippen LogP contribution in [0.3, 0.4) is 0 Å². The van der Waals surface area contributed by atoms with Gasteiger partial charge in [0.2, 0.25) is 5.76 Å². The number of carbonyl (C=O) groups is 1. The summed E-state index contributed by atoms with van der Waals surface area (Å²) in [6, 6.07) is 11.5. The first-order valence-electron chi connectivity index (χ1n) is 8.32. The van der Waals surface area contributed by atoms with E-state index in [0.29, 0.717) is 24.7 Å². The van der Waals surface area contributed by atoms with Crippen LogP contribution in [0.1, 0.15) is 33.3 Å². The number of aromatic nitrogens is 2. The fourth-order valence-corrected chi connectivity index (χ4v) is 2.73. The van der Waals surface area contributed by atoms with Crippen molar-refractivity contribution in [1.82, 2.24) is 14.9 Å². The lowest BCUT2D eigenvalue weighted by molar-refractivity contribution is 0.0695. The molecule has 1 amide bonds. The van der Waals surface area contributed by atoms with Crippen molar-refractivity contribution in [1.29, 1.82) is 0 Å². The third-order valence-electron chi connectivity index (χ3n) is 4.04. The zero-order valence-corrected chi connectivity index (χ0v) is 15.1. The molecular formula is C20H21N3O3. The van der Waals surface area contributed by atoms with Crippen molar-refractivity contribution in [2.75, 3.05) is 7.11 Å². The highest BCUT2D eigenvalue weighted by molar-refractivity contribution is 5.92. The molecule has 0 spiro atoms. The Labute approximate surface area is 152 Å². The summed E-state index contributed by atoms with van der Waals surface area (Å²) in [7, 11) is 1.63. The van der Waals surface area contributed by atoms with Crippen molar-refractivity contribution in [3.8, 4) is 5.75 Å². The van der Waals surface area contributed by atoms with Crippen LogP contribution in [0.15, 0.2) is 53.2 Å². The third kappa shape index (κ3) is 4.08. The van der Waals surface area contributed by atoms with Crippen molar-refractivity contribution in [2.24, 2.45) is 0 Å². The molecule has 0 unspecified atom stereocenters. The lowest BCUT2D eigenvalue weighted by atomic mass is 10.1. The van der Waals surface area contributed by atoms with Gasteiger partial charge in [0, 0.05) is 32.4 Å². The molecule has 3 aromatic rings. The topological polar surface area (TPSA) is 68.5 Å². The molecule has 0 fully saturated rings. The average Bonchev–Trinajstić information content (AvgIpc) is 3.00. The Balaban J connectivity index is 1.87. The van der Waals surface area contributed by atoms with Crippen molar-refractivity contribution < 1.29 is 13.9 Å². The molecule has 6 nitrogen and oxygen atoms in total. The quantitative estimate of drug-likeness (QED) is 0.679. The molecule has 2 heterocycles. The van der Waals surface area contributed by atoms with E-state index in [-0.39, 0.29) is 11.7 Å². The Morgan fingerprint density at radius 1 is 1.04 bits per heavy atom. The van der Waals surface area contributed by atoms with Crippen LogP contribution in [0.4, 0.5) is 0 Å². The zero-order valence-electron chi connectivity index (χ0n) is 15.1. The second-order valence-electron chi connectivity index (χ2n) is 6.01. The van der Waals surface area contributed by atoms with Crippen LogP contribution in [0.25, 0.3) is 0 Å². The van der Waals surface area contributed by atoms with Gasteiger partial charge in [-0.25, -0.2) is 4.98 Å². The van der Waals surface area contributed by atoms with E-state index in [1.165, 1.54) is 0 Å². The number of amides is 1. The number of methoxy groups -OCH3 is 1. The molecule has 0 aliphatic rings. The van der Waals surface area contributed by atoms with Gasteiger partial charge in [-0.05, 0) is 42.3 Å². The van der Waals surface area contributed by atoms with Gasteiger partial charge in [0.15, 0.2) is 5.89 Å². The molecular weight excluding hydrogens is 330 g/mol. The van der Waals surface area contributed by atoms with Crippen molar-refractivity contribution >= 4 is 5.91 Å². The van der Waals surface area contributed by atoms with Crippen molar-refractivity contribution in [3.05, 3.63) is 77.3 Å². The number of nitrogens with zero attached hydrogens (tertiary/aromatic N) is 3. The van der Waals surface area contributed by atoms with E-state index in [2.05, 4.69) is 9.97 Å². The van der Waals surface area contributed by atoms with Crippen molar-refractivity contribution in [3.63, 3.8) is 0 Å². The van der Waals surface area contributed by atoms with Gasteiger partial charge in [-0.3, -0.25) is 9.78 Å². The molecule has 134 valence electrons. The molecule has 2 aromatic heterocycles. The molecule has 26 heavy (non-hydrogen) atoms. The lowest BCUT2D eigenvalue weighted by Gasteiger charge is -2.22. The van der Waals surface area contributed by atoms with Crippen LogP contribution in [-0.2, 0) is 13.1 Å². The van der Waals surface area contributed by atoms with Gasteiger partial charge in [-0.2, -0.15) is 0 Å². The second kappa shape index (κ2) is 7.82. The maximum Gasteiger partial charge on any atom is 0.292 e. The first-order chi connectivity index (χ1) is 12.6. The summed E-state index contributed by atoms with van der Waals surface area (Å²) in [4.78, 5) is 23.0. The van der Waals surface area contributed by atoms with Crippen LogP contribution in [0.5, 0.6) is 5.75 Å². The lowest BCUT2D eigenvalue weighted by Crippen LogP contribution is -2.30. The Kier molecular flexibility index (Phi) is 5.31. The fourth-order valence-electron chi connectivity index (χ4n) is 2.73. The highest BCUT2D eigenvalue weighted by Crippen LogP contribution is 2.19. The highest BCUT2D eigenvalue weighted by atomic mass is 16.5. The number of benzene rings is 1. The molecule has 3 rings (SSSR count). The molecule has 0 aliphatic heterocycles. The summed E-state index contributed by atoms with van der Waals surface area (Å²) in [5.74, 6) is 1.36. The van der Waals surface area contributed by atoms with E-state index in [1.54, 1.807) is 38.3 Å². The normalized spacial score (nSPS) is 10.6. The van der Waals surface area contributed by atoms with E-state index in [9.17, 15) is 4.79 Å². The first-order valence-corrected chi connectivity index (χ1v) is 8.32. The van der Waals surface area contributed by atoms with E-state index in [0.717, 1.165) is 16.9 Å². The molecule has 6 heteroatoms. The van der Waals surface area contributed by atoms with Gasteiger partial charge in [0.25, 0.3) is 5.91 Å². The van der Waals surface area contributed by atoms with E-state index < -0.39 is 0 Å². The van der Waals surface area contributed by atoms with Gasteiger partial charge in [-0.1, -0.05) is 12.1 Å².